The predicted octanol–water partition coefficient (Wildman–Crippen LogP) is 1.70. The molecule has 18 heavy (non-hydrogen) atoms. The van der Waals surface area contributed by atoms with E-state index in [1.165, 1.54) is 6.42 Å². The molecule has 3 nitrogen and oxygen atoms in total. The maximum atomic E-state index is 9.40. The largest absolute Gasteiger partial charge is 0.481 e. The Kier molecular flexibility index (Phi) is 4.24. The highest BCUT2D eigenvalue weighted by Crippen LogP contribution is 2.32. The maximum Gasteiger partial charge on any atom is 0.148 e. The molecule has 1 aromatic carbocycles. The Morgan fingerprint density at radius 1 is 1.39 bits per heavy atom. The normalized spacial score (nSPS) is 16.7. The third kappa shape index (κ3) is 2.84. The minimum absolute atomic E-state index is 0.0841. The van der Waals surface area contributed by atoms with Crippen molar-refractivity contribution < 1.29 is 9.84 Å². The Morgan fingerprint density at radius 3 is 2.78 bits per heavy atom. The molecule has 1 aliphatic rings. The summed E-state index contributed by atoms with van der Waals surface area (Å²) in [5, 5.41) is 12.8. The maximum absolute atomic E-state index is 9.40. The Hall–Kier alpha value is -1.50. The van der Waals surface area contributed by atoms with Crippen molar-refractivity contribution in [2.24, 2.45) is 0 Å². The fraction of sp³-hybridized carbons (Fsp3) is 0.467. The molecule has 1 aromatic rings. The lowest BCUT2D eigenvalue weighted by molar-refractivity contribution is 0.0869. The molecule has 0 aromatic heterocycles. The molecule has 0 heterocycles. The topological polar surface area (TPSA) is 41.5 Å². The molecule has 0 spiro atoms. The molecule has 0 unspecified atom stereocenters. The molecular weight excluding hydrogens is 226 g/mol. The predicted molar refractivity (Wildman–Crippen MR) is 71.3 cm³/mol. The van der Waals surface area contributed by atoms with Crippen LogP contribution in [0.4, 0.5) is 0 Å². The summed E-state index contributed by atoms with van der Waals surface area (Å²) in [6.45, 7) is 1.17. The van der Waals surface area contributed by atoms with Crippen molar-refractivity contribution in [1.82, 2.24) is 5.32 Å². The van der Waals surface area contributed by atoms with Crippen molar-refractivity contribution in [2.45, 2.75) is 31.3 Å². The molecule has 2 rings (SSSR count). The molecule has 3 heteroatoms. The van der Waals surface area contributed by atoms with Gasteiger partial charge in [-0.2, -0.15) is 0 Å². The van der Waals surface area contributed by atoms with E-state index < -0.39 is 0 Å². The summed E-state index contributed by atoms with van der Waals surface area (Å²) in [7, 11) is 0. The number of aliphatic hydroxyl groups excluding tert-OH is 1. The van der Waals surface area contributed by atoms with Crippen LogP contribution in [0.5, 0.6) is 5.75 Å². The van der Waals surface area contributed by atoms with Gasteiger partial charge in [0, 0.05) is 17.6 Å². The van der Waals surface area contributed by atoms with Crippen LogP contribution in [0.15, 0.2) is 24.3 Å². The van der Waals surface area contributed by atoms with Gasteiger partial charge in [0.1, 0.15) is 12.4 Å². The van der Waals surface area contributed by atoms with Crippen molar-refractivity contribution in [2.75, 3.05) is 13.2 Å². The lowest BCUT2D eigenvalue weighted by Crippen LogP contribution is -2.53. The second-order valence-corrected chi connectivity index (χ2v) is 4.75. The highest BCUT2D eigenvalue weighted by Gasteiger charge is 2.35. The first-order valence-corrected chi connectivity index (χ1v) is 6.30. The van der Waals surface area contributed by atoms with Crippen molar-refractivity contribution in [3.8, 4) is 18.1 Å². The van der Waals surface area contributed by atoms with Gasteiger partial charge in [0.2, 0.25) is 0 Å². The minimum atomic E-state index is -0.0841. The molecule has 1 saturated carbocycles. The van der Waals surface area contributed by atoms with Crippen LogP contribution in [0.2, 0.25) is 0 Å². The fourth-order valence-corrected chi connectivity index (χ4v) is 2.19. The summed E-state index contributed by atoms with van der Waals surface area (Å²) in [5.74, 6) is 3.28. The van der Waals surface area contributed by atoms with E-state index in [1.807, 2.05) is 24.3 Å². The van der Waals surface area contributed by atoms with E-state index in [1.54, 1.807) is 0 Å². The lowest BCUT2D eigenvalue weighted by atomic mass is 9.77. The van der Waals surface area contributed by atoms with Crippen LogP contribution in [-0.4, -0.2) is 23.9 Å². The van der Waals surface area contributed by atoms with Gasteiger partial charge >= 0.3 is 0 Å². The SMILES string of the molecule is C#CCOc1ccccc1CNC1(CO)CCC1. The van der Waals surface area contributed by atoms with Gasteiger partial charge in [-0.05, 0) is 25.3 Å². The van der Waals surface area contributed by atoms with Crippen LogP contribution in [0.1, 0.15) is 24.8 Å². The number of nitrogens with one attached hydrogen (secondary N) is 1. The third-order valence-corrected chi connectivity index (χ3v) is 3.55. The molecule has 96 valence electrons. The first kappa shape index (κ1) is 12.9. The molecular formula is C15H19NO2. The second-order valence-electron chi connectivity index (χ2n) is 4.75. The average Bonchev–Trinajstić information content (AvgIpc) is 2.37. The van der Waals surface area contributed by atoms with Crippen LogP contribution in [-0.2, 0) is 6.54 Å². The first-order valence-electron chi connectivity index (χ1n) is 6.30. The smallest absolute Gasteiger partial charge is 0.148 e. The van der Waals surface area contributed by atoms with Gasteiger partial charge in [0.25, 0.3) is 0 Å². The van der Waals surface area contributed by atoms with Gasteiger partial charge in [-0.25, -0.2) is 0 Å². The van der Waals surface area contributed by atoms with Crippen molar-refractivity contribution in [3.05, 3.63) is 29.8 Å². The van der Waals surface area contributed by atoms with Crippen LogP contribution in [0, 0.1) is 12.3 Å². The van der Waals surface area contributed by atoms with Crippen LogP contribution in [0.25, 0.3) is 0 Å². The number of hydrogen-bond donors (Lipinski definition) is 2. The van der Waals surface area contributed by atoms with Gasteiger partial charge < -0.3 is 15.2 Å². The van der Waals surface area contributed by atoms with Gasteiger partial charge in [0.05, 0.1) is 6.61 Å². The lowest BCUT2D eigenvalue weighted by Gasteiger charge is -2.41. The molecule has 0 saturated heterocycles. The second kappa shape index (κ2) is 5.90. The standard InChI is InChI=1S/C15H19NO2/c1-2-10-18-14-7-4-3-6-13(14)11-16-15(12-17)8-5-9-15/h1,3-4,6-7,16-17H,5,8-12H2. The van der Waals surface area contributed by atoms with E-state index in [0.717, 1.165) is 24.2 Å². The van der Waals surface area contributed by atoms with Gasteiger partial charge in [-0.15, -0.1) is 6.42 Å². The molecule has 0 aliphatic heterocycles. The van der Waals surface area contributed by atoms with Crippen LogP contribution in [0.3, 0.4) is 0 Å². The van der Waals surface area contributed by atoms with Crippen LogP contribution >= 0.6 is 0 Å². The van der Waals surface area contributed by atoms with Crippen molar-refractivity contribution in [3.63, 3.8) is 0 Å². The number of rotatable bonds is 6. The zero-order chi connectivity index (χ0) is 12.8. The molecule has 0 radical (unpaired) electrons. The number of terminal acetylenes is 1. The molecule has 1 fully saturated rings. The van der Waals surface area contributed by atoms with E-state index in [0.29, 0.717) is 6.54 Å². The summed E-state index contributed by atoms with van der Waals surface area (Å²) in [6, 6.07) is 7.84. The van der Waals surface area contributed by atoms with E-state index >= 15 is 0 Å². The monoisotopic (exact) mass is 245 g/mol. The Bertz CT molecular complexity index is 427. The summed E-state index contributed by atoms with van der Waals surface area (Å²) >= 11 is 0. The average molecular weight is 245 g/mol. The Morgan fingerprint density at radius 2 is 2.17 bits per heavy atom. The summed E-state index contributed by atoms with van der Waals surface area (Å²) < 4.78 is 5.50. The summed E-state index contributed by atoms with van der Waals surface area (Å²) in [4.78, 5) is 0. The molecule has 0 atom stereocenters. The Labute approximate surface area is 108 Å². The van der Waals surface area contributed by atoms with Crippen molar-refractivity contribution >= 4 is 0 Å². The zero-order valence-electron chi connectivity index (χ0n) is 10.5. The highest BCUT2D eigenvalue weighted by molar-refractivity contribution is 5.33. The van der Waals surface area contributed by atoms with Crippen molar-refractivity contribution in [1.29, 1.82) is 0 Å². The molecule has 0 amide bonds. The van der Waals surface area contributed by atoms with Gasteiger partial charge in [-0.3, -0.25) is 0 Å². The summed E-state index contributed by atoms with van der Waals surface area (Å²) in [5.41, 5.74) is 0.992. The van der Waals surface area contributed by atoms with E-state index in [9.17, 15) is 5.11 Å². The number of aliphatic hydroxyl groups is 1. The van der Waals surface area contributed by atoms with E-state index in [4.69, 9.17) is 11.2 Å². The number of ether oxygens (including phenoxy) is 1. The molecule has 0 bridgehead atoms. The third-order valence-electron chi connectivity index (χ3n) is 3.55. The highest BCUT2D eigenvalue weighted by atomic mass is 16.5. The number of para-hydroxylation sites is 1. The number of hydrogen-bond acceptors (Lipinski definition) is 3. The number of benzene rings is 1. The quantitative estimate of drug-likeness (QED) is 0.750. The fourth-order valence-electron chi connectivity index (χ4n) is 2.19. The van der Waals surface area contributed by atoms with Gasteiger partial charge in [-0.1, -0.05) is 24.1 Å². The van der Waals surface area contributed by atoms with E-state index in [2.05, 4.69) is 11.2 Å². The zero-order valence-corrected chi connectivity index (χ0v) is 10.5. The minimum Gasteiger partial charge on any atom is -0.481 e. The molecule has 2 N–H and O–H groups in total. The Balaban J connectivity index is 1.98. The first-order chi connectivity index (χ1) is 8.79. The van der Waals surface area contributed by atoms with Crippen LogP contribution < -0.4 is 10.1 Å². The molecule has 1 aliphatic carbocycles. The van der Waals surface area contributed by atoms with E-state index in [-0.39, 0.29) is 18.8 Å². The van der Waals surface area contributed by atoms with Gasteiger partial charge in [0.15, 0.2) is 0 Å². The summed E-state index contributed by atoms with van der Waals surface area (Å²) in [6.07, 6.45) is 8.46.